The molecule has 1 heterocycles. The zero-order chi connectivity index (χ0) is 11.9. The molecule has 1 aromatic heterocycles. The van der Waals surface area contributed by atoms with Gasteiger partial charge in [0.15, 0.2) is 0 Å². The summed E-state index contributed by atoms with van der Waals surface area (Å²) in [4.78, 5) is 0. The lowest BCUT2D eigenvalue weighted by Crippen LogP contribution is -2.09. The van der Waals surface area contributed by atoms with Gasteiger partial charge in [0.2, 0.25) is 0 Å². The average Bonchev–Trinajstić information content (AvgIpc) is 2.61. The smallest absolute Gasteiger partial charge is 0.118 e. The van der Waals surface area contributed by atoms with Gasteiger partial charge in [-0.05, 0) is 13.0 Å². The summed E-state index contributed by atoms with van der Waals surface area (Å²) in [5.41, 5.74) is 0. The summed E-state index contributed by atoms with van der Waals surface area (Å²) in [6.45, 7) is 0.998. The molecule has 0 radical (unpaired) electrons. The third-order valence-corrected chi connectivity index (χ3v) is 4.54. The zero-order valence-corrected chi connectivity index (χ0v) is 11.6. The molecular formula is C13H23N3S. The van der Waals surface area contributed by atoms with E-state index in [4.69, 9.17) is 0 Å². The number of hydrogen-bond acceptors (Lipinski definition) is 4. The Morgan fingerprint density at radius 3 is 2.53 bits per heavy atom. The van der Waals surface area contributed by atoms with Crippen LogP contribution in [0.5, 0.6) is 0 Å². The van der Waals surface area contributed by atoms with Crippen molar-refractivity contribution in [3.05, 3.63) is 10.0 Å². The highest BCUT2D eigenvalue weighted by molar-refractivity contribution is 7.11. The van der Waals surface area contributed by atoms with Gasteiger partial charge in [-0.15, -0.1) is 21.5 Å². The van der Waals surface area contributed by atoms with E-state index >= 15 is 0 Å². The molecule has 1 fully saturated rings. The number of hydrogen-bond donors (Lipinski definition) is 1. The van der Waals surface area contributed by atoms with Crippen LogP contribution in [0.25, 0.3) is 0 Å². The van der Waals surface area contributed by atoms with Crippen LogP contribution >= 0.6 is 11.3 Å². The highest BCUT2D eigenvalue weighted by Crippen LogP contribution is 2.26. The van der Waals surface area contributed by atoms with Gasteiger partial charge in [-0.1, -0.05) is 38.5 Å². The number of rotatable bonds is 5. The molecule has 0 amide bonds. The van der Waals surface area contributed by atoms with E-state index in [1.165, 1.54) is 48.5 Å². The van der Waals surface area contributed by atoms with E-state index in [-0.39, 0.29) is 0 Å². The summed E-state index contributed by atoms with van der Waals surface area (Å²) >= 11 is 1.81. The van der Waals surface area contributed by atoms with E-state index in [0.717, 1.165) is 25.3 Å². The average molecular weight is 253 g/mol. The van der Waals surface area contributed by atoms with E-state index in [0.29, 0.717) is 0 Å². The lowest BCUT2D eigenvalue weighted by atomic mass is 9.97. The lowest BCUT2D eigenvalue weighted by molar-refractivity contribution is 0.456. The molecule has 1 aromatic rings. The number of likely N-dealkylation sites (N-methyl/N-ethyl adjacent to an activating group) is 1. The Balaban J connectivity index is 1.82. The quantitative estimate of drug-likeness (QED) is 0.820. The Morgan fingerprint density at radius 2 is 1.82 bits per heavy atom. The third kappa shape index (κ3) is 4.36. The van der Waals surface area contributed by atoms with Crippen LogP contribution in [0.1, 0.15) is 48.5 Å². The molecule has 1 N–H and O–H groups in total. The lowest BCUT2D eigenvalue weighted by Gasteiger charge is -2.10. The topological polar surface area (TPSA) is 37.8 Å². The van der Waals surface area contributed by atoms with Crippen molar-refractivity contribution in [2.45, 2.75) is 51.4 Å². The Hall–Kier alpha value is -0.480. The van der Waals surface area contributed by atoms with Gasteiger partial charge in [0.1, 0.15) is 10.0 Å². The van der Waals surface area contributed by atoms with Gasteiger partial charge in [0, 0.05) is 19.4 Å². The second-order valence-corrected chi connectivity index (χ2v) is 6.15. The molecule has 0 bridgehead atoms. The van der Waals surface area contributed by atoms with Gasteiger partial charge in [-0.3, -0.25) is 0 Å². The normalized spacial score (nSPS) is 18.2. The van der Waals surface area contributed by atoms with Crippen LogP contribution in [0.2, 0.25) is 0 Å². The monoisotopic (exact) mass is 253 g/mol. The molecule has 3 nitrogen and oxygen atoms in total. The Kier molecular flexibility index (Phi) is 5.39. The van der Waals surface area contributed by atoms with Crippen molar-refractivity contribution in [2.75, 3.05) is 13.6 Å². The molecule has 0 atom stereocenters. The van der Waals surface area contributed by atoms with Crippen molar-refractivity contribution < 1.29 is 0 Å². The van der Waals surface area contributed by atoms with Crippen LogP contribution in [-0.4, -0.2) is 23.8 Å². The van der Waals surface area contributed by atoms with E-state index in [1.54, 1.807) is 0 Å². The first-order chi connectivity index (χ1) is 8.38. The highest BCUT2D eigenvalue weighted by Gasteiger charge is 2.15. The van der Waals surface area contributed by atoms with Crippen molar-refractivity contribution in [3.63, 3.8) is 0 Å². The first kappa shape index (κ1) is 13.0. The van der Waals surface area contributed by atoms with E-state index in [9.17, 15) is 0 Å². The maximum atomic E-state index is 4.33. The molecular weight excluding hydrogens is 230 g/mol. The Labute approximate surface area is 108 Å². The molecule has 0 unspecified atom stereocenters. The van der Waals surface area contributed by atoms with Crippen LogP contribution in [0, 0.1) is 5.92 Å². The molecule has 0 saturated heterocycles. The summed E-state index contributed by atoms with van der Waals surface area (Å²) in [5, 5.41) is 14.2. The predicted octanol–water partition coefficient (Wildman–Crippen LogP) is 2.81. The largest absolute Gasteiger partial charge is 0.319 e. The van der Waals surface area contributed by atoms with Crippen molar-refractivity contribution in [1.29, 1.82) is 0 Å². The molecule has 1 saturated carbocycles. The zero-order valence-electron chi connectivity index (χ0n) is 10.7. The van der Waals surface area contributed by atoms with Crippen LogP contribution in [0.3, 0.4) is 0 Å². The number of nitrogens with one attached hydrogen (secondary N) is 1. The first-order valence-electron chi connectivity index (χ1n) is 6.84. The molecule has 1 aliphatic rings. The van der Waals surface area contributed by atoms with Crippen LogP contribution in [0.4, 0.5) is 0 Å². The maximum Gasteiger partial charge on any atom is 0.118 e. The predicted molar refractivity (Wildman–Crippen MR) is 72.4 cm³/mol. The van der Waals surface area contributed by atoms with Crippen molar-refractivity contribution >= 4 is 11.3 Å². The summed E-state index contributed by atoms with van der Waals surface area (Å²) in [7, 11) is 1.98. The molecule has 96 valence electrons. The van der Waals surface area contributed by atoms with E-state index in [1.807, 2.05) is 18.4 Å². The molecule has 17 heavy (non-hydrogen) atoms. The fourth-order valence-electron chi connectivity index (χ4n) is 2.52. The minimum absolute atomic E-state index is 0.864. The molecule has 0 aromatic carbocycles. The van der Waals surface area contributed by atoms with Crippen LogP contribution < -0.4 is 5.32 Å². The highest BCUT2D eigenvalue weighted by atomic mass is 32.1. The standard InChI is InChI=1S/C13H23N3S/c1-14-9-8-12-15-16-13(17-12)10-11-6-4-2-3-5-7-11/h11,14H,2-10H2,1H3. The Bertz CT molecular complexity index is 316. The molecule has 1 aliphatic carbocycles. The van der Waals surface area contributed by atoms with Crippen LogP contribution in [-0.2, 0) is 12.8 Å². The fourth-order valence-corrected chi connectivity index (χ4v) is 3.48. The summed E-state index contributed by atoms with van der Waals surface area (Å²) in [6.07, 6.45) is 10.7. The van der Waals surface area contributed by atoms with E-state index in [2.05, 4.69) is 15.5 Å². The van der Waals surface area contributed by atoms with Gasteiger partial charge >= 0.3 is 0 Å². The van der Waals surface area contributed by atoms with Gasteiger partial charge < -0.3 is 5.32 Å². The Morgan fingerprint density at radius 1 is 1.12 bits per heavy atom. The van der Waals surface area contributed by atoms with Gasteiger partial charge in [-0.25, -0.2) is 0 Å². The van der Waals surface area contributed by atoms with Gasteiger partial charge in [0.25, 0.3) is 0 Å². The van der Waals surface area contributed by atoms with Crippen LogP contribution in [0.15, 0.2) is 0 Å². The fraction of sp³-hybridized carbons (Fsp3) is 0.846. The van der Waals surface area contributed by atoms with Crippen molar-refractivity contribution in [1.82, 2.24) is 15.5 Å². The van der Waals surface area contributed by atoms with Gasteiger partial charge in [0.05, 0.1) is 0 Å². The number of nitrogens with zero attached hydrogens (tertiary/aromatic N) is 2. The second-order valence-electron chi connectivity index (χ2n) is 5.00. The van der Waals surface area contributed by atoms with Crippen molar-refractivity contribution in [2.24, 2.45) is 5.92 Å². The summed E-state index contributed by atoms with van der Waals surface area (Å²) < 4.78 is 0. The molecule has 2 rings (SSSR count). The van der Waals surface area contributed by atoms with Gasteiger partial charge in [-0.2, -0.15) is 0 Å². The second kappa shape index (κ2) is 7.07. The maximum absolute atomic E-state index is 4.33. The molecule has 4 heteroatoms. The summed E-state index contributed by atoms with van der Waals surface area (Å²) in [5.74, 6) is 0.864. The molecule has 0 aliphatic heterocycles. The minimum atomic E-state index is 0.864. The molecule has 0 spiro atoms. The van der Waals surface area contributed by atoms with Crippen molar-refractivity contribution in [3.8, 4) is 0 Å². The number of aromatic nitrogens is 2. The van der Waals surface area contributed by atoms with E-state index < -0.39 is 0 Å². The third-order valence-electron chi connectivity index (χ3n) is 3.54. The minimum Gasteiger partial charge on any atom is -0.319 e. The first-order valence-corrected chi connectivity index (χ1v) is 7.66. The summed E-state index contributed by atoms with van der Waals surface area (Å²) in [6, 6.07) is 0. The SMILES string of the molecule is CNCCc1nnc(CC2CCCCCC2)s1.